The van der Waals surface area contributed by atoms with Crippen molar-refractivity contribution in [3.8, 4) is 0 Å². The third-order valence-electron chi connectivity index (χ3n) is 3.60. The Kier molecular flexibility index (Phi) is 8.08. The van der Waals surface area contributed by atoms with E-state index in [2.05, 4.69) is 10.6 Å². The fourth-order valence-corrected chi connectivity index (χ4v) is 2.55. The number of carbonyl (C=O) groups is 3. The van der Waals surface area contributed by atoms with Crippen molar-refractivity contribution in [2.24, 2.45) is 0 Å². The number of amides is 2. The maximum Gasteiger partial charge on any atom is 0.416 e. The van der Waals surface area contributed by atoms with Crippen LogP contribution in [0.1, 0.15) is 18.4 Å². The Morgan fingerprint density at radius 2 is 1.67 bits per heavy atom. The highest BCUT2D eigenvalue weighted by atomic mass is 35.5. The van der Waals surface area contributed by atoms with Gasteiger partial charge in [-0.15, -0.1) is 0 Å². The summed E-state index contributed by atoms with van der Waals surface area (Å²) < 4.78 is 42.8. The van der Waals surface area contributed by atoms with Gasteiger partial charge in [0.05, 0.1) is 22.7 Å². The monoisotopic (exact) mass is 462 g/mol. The Morgan fingerprint density at radius 1 is 0.933 bits per heavy atom. The molecule has 0 fully saturated rings. The zero-order valence-electron chi connectivity index (χ0n) is 15.2. The van der Waals surface area contributed by atoms with E-state index < -0.39 is 36.1 Å². The number of anilines is 2. The van der Waals surface area contributed by atoms with Gasteiger partial charge >= 0.3 is 12.1 Å². The van der Waals surface area contributed by atoms with Crippen LogP contribution in [0, 0.1) is 0 Å². The molecule has 0 unspecified atom stereocenters. The van der Waals surface area contributed by atoms with Gasteiger partial charge in [0.15, 0.2) is 6.61 Å². The predicted octanol–water partition coefficient (Wildman–Crippen LogP) is 4.91. The lowest BCUT2D eigenvalue weighted by Crippen LogP contribution is -2.22. The number of esters is 1. The molecule has 0 saturated heterocycles. The smallest absolute Gasteiger partial charge is 0.416 e. The van der Waals surface area contributed by atoms with Gasteiger partial charge < -0.3 is 15.4 Å². The van der Waals surface area contributed by atoms with E-state index in [1.807, 2.05) is 0 Å². The summed E-state index contributed by atoms with van der Waals surface area (Å²) in [5, 5.41) is 5.27. The molecule has 0 heterocycles. The number of halogens is 5. The second kappa shape index (κ2) is 10.3. The minimum atomic E-state index is -4.54. The highest BCUT2D eigenvalue weighted by Gasteiger charge is 2.30. The molecule has 0 spiro atoms. The summed E-state index contributed by atoms with van der Waals surface area (Å²) in [5.74, 6) is -2.18. The number of alkyl halides is 3. The number of ether oxygens (including phenoxy) is 1. The average Bonchev–Trinajstić information content (AvgIpc) is 2.67. The zero-order chi connectivity index (χ0) is 22.3. The quantitative estimate of drug-likeness (QED) is 0.572. The van der Waals surface area contributed by atoms with Crippen molar-refractivity contribution in [3.05, 3.63) is 58.1 Å². The molecule has 0 aliphatic heterocycles. The van der Waals surface area contributed by atoms with E-state index in [1.54, 1.807) is 0 Å². The number of carbonyl (C=O) groups excluding carboxylic acids is 3. The van der Waals surface area contributed by atoms with Gasteiger partial charge in [-0.05, 0) is 36.4 Å². The van der Waals surface area contributed by atoms with Crippen LogP contribution in [0.4, 0.5) is 24.5 Å². The first kappa shape index (κ1) is 23.5. The molecule has 6 nitrogen and oxygen atoms in total. The van der Waals surface area contributed by atoms with Crippen LogP contribution in [-0.4, -0.2) is 24.4 Å². The van der Waals surface area contributed by atoms with Gasteiger partial charge in [0, 0.05) is 17.1 Å². The molecule has 0 aliphatic rings. The Bertz CT molecular complexity index is 952. The molecule has 30 heavy (non-hydrogen) atoms. The first-order valence-electron chi connectivity index (χ1n) is 8.42. The van der Waals surface area contributed by atoms with Gasteiger partial charge in [-0.3, -0.25) is 14.4 Å². The van der Waals surface area contributed by atoms with Crippen LogP contribution >= 0.6 is 23.2 Å². The van der Waals surface area contributed by atoms with E-state index >= 15 is 0 Å². The molecule has 0 atom stereocenters. The molecule has 0 bridgehead atoms. The van der Waals surface area contributed by atoms with Crippen molar-refractivity contribution in [1.29, 1.82) is 0 Å². The summed E-state index contributed by atoms with van der Waals surface area (Å²) in [4.78, 5) is 35.3. The molecule has 0 aliphatic carbocycles. The maximum absolute atomic E-state index is 12.7. The van der Waals surface area contributed by atoms with Crippen LogP contribution in [0.5, 0.6) is 0 Å². The maximum atomic E-state index is 12.7. The minimum Gasteiger partial charge on any atom is -0.456 e. The lowest BCUT2D eigenvalue weighted by Gasteiger charge is -2.10. The van der Waals surface area contributed by atoms with Gasteiger partial charge in [-0.25, -0.2) is 0 Å². The predicted molar refractivity (Wildman–Crippen MR) is 105 cm³/mol. The second-order valence-corrected chi connectivity index (χ2v) is 6.80. The van der Waals surface area contributed by atoms with Gasteiger partial charge in [0.1, 0.15) is 0 Å². The van der Waals surface area contributed by atoms with Crippen molar-refractivity contribution >= 4 is 52.4 Å². The van der Waals surface area contributed by atoms with Crippen LogP contribution in [0.15, 0.2) is 42.5 Å². The number of nitrogens with one attached hydrogen (secondary N) is 2. The molecular formula is C19H15Cl2F3N2O4. The standard InChI is InChI=1S/C19H15Cl2F3N2O4/c20-12-4-5-14(21)15(9-12)26-17(28)10-30-18(29)7-6-16(27)25-13-3-1-2-11(8-13)19(22,23)24/h1-5,8-9H,6-7,10H2,(H,25,27)(H,26,28). The summed E-state index contributed by atoms with van der Waals surface area (Å²) >= 11 is 11.7. The molecule has 0 aromatic heterocycles. The summed E-state index contributed by atoms with van der Waals surface area (Å²) in [5.41, 5.74) is -0.725. The van der Waals surface area contributed by atoms with Crippen molar-refractivity contribution in [1.82, 2.24) is 0 Å². The largest absolute Gasteiger partial charge is 0.456 e. The van der Waals surface area contributed by atoms with Crippen LogP contribution in [0.3, 0.4) is 0 Å². The van der Waals surface area contributed by atoms with Crippen LogP contribution in [0.2, 0.25) is 10.0 Å². The second-order valence-electron chi connectivity index (χ2n) is 5.96. The third-order valence-corrected chi connectivity index (χ3v) is 4.16. The van der Waals surface area contributed by atoms with E-state index in [4.69, 9.17) is 27.9 Å². The van der Waals surface area contributed by atoms with Crippen molar-refractivity contribution in [3.63, 3.8) is 0 Å². The molecular weight excluding hydrogens is 448 g/mol. The van der Waals surface area contributed by atoms with Crippen molar-refractivity contribution in [2.45, 2.75) is 19.0 Å². The Morgan fingerprint density at radius 3 is 2.37 bits per heavy atom. The minimum absolute atomic E-state index is 0.0547. The molecule has 2 rings (SSSR count). The van der Waals surface area contributed by atoms with Gasteiger partial charge in [-0.1, -0.05) is 29.3 Å². The molecule has 2 aromatic carbocycles. The van der Waals surface area contributed by atoms with E-state index in [1.165, 1.54) is 24.3 Å². The lowest BCUT2D eigenvalue weighted by molar-refractivity contribution is -0.147. The number of hydrogen-bond acceptors (Lipinski definition) is 4. The first-order valence-corrected chi connectivity index (χ1v) is 9.18. The number of hydrogen-bond donors (Lipinski definition) is 2. The number of benzene rings is 2. The van der Waals surface area contributed by atoms with Crippen molar-refractivity contribution < 1.29 is 32.3 Å². The zero-order valence-corrected chi connectivity index (χ0v) is 16.7. The van der Waals surface area contributed by atoms with Crippen LogP contribution in [-0.2, 0) is 25.3 Å². The lowest BCUT2D eigenvalue weighted by atomic mass is 10.2. The normalized spacial score (nSPS) is 11.0. The van der Waals surface area contributed by atoms with Gasteiger partial charge in [0.2, 0.25) is 5.91 Å². The molecule has 2 N–H and O–H groups in total. The van der Waals surface area contributed by atoms with Crippen LogP contribution in [0.25, 0.3) is 0 Å². The summed E-state index contributed by atoms with van der Waals surface area (Å²) in [6, 6.07) is 8.52. The fraction of sp³-hybridized carbons (Fsp3) is 0.211. The Labute approximate surface area is 179 Å². The molecule has 160 valence electrons. The highest BCUT2D eigenvalue weighted by Crippen LogP contribution is 2.30. The van der Waals surface area contributed by atoms with Gasteiger partial charge in [-0.2, -0.15) is 13.2 Å². The van der Waals surface area contributed by atoms with Gasteiger partial charge in [0.25, 0.3) is 5.91 Å². The third kappa shape index (κ3) is 7.57. The highest BCUT2D eigenvalue weighted by molar-refractivity contribution is 6.35. The Balaban J connectivity index is 1.76. The summed E-state index contributed by atoms with van der Waals surface area (Å²) in [7, 11) is 0. The van der Waals surface area contributed by atoms with Crippen molar-refractivity contribution in [2.75, 3.05) is 17.2 Å². The molecule has 2 aromatic rings. The molecule has 0 saturated carbocycles. The average molecular weight is 463 g/mol. The summed E-state index contributed by atoms with van der Waals surface area (Å²) in [6.45, 7) is -0.614. The Hall–Kier alpha value is -2.78. The molecule has 0 radical (unpaired) electrons. The first-order chi connectivity index (χ1) is 14.0. The molecule has 2 amide bonds. The topological polar surface area (TPSA) is 84.5 Å². The summed E-state index contributed by atoms with van der Waals surface area (Å²) in [6.07, 6.45) is -5.24. The van der Waals surface area contributed by atoms with Crippen LogP contribution < -0.4 is 10.6 Å². The van der Waals surface area contributed by atoms with E-state index in [-0.39, 0.29) is 29.2 Å². The number of rotatable bonds is 7. The van der Waals surface area contributed by atoms with E-state index in [0.717, 1.165) is 18.2 Å². The van der Waals surface area contributed by atoms with E-state index in [9.17, 15) is 27.6 Å². The molecule has 11 heteroatoms. The SMILES string of the molecule is O=C(CCC(=O)OCC(=O)Nc1cc(Cl)ccc1Cl)Nc1cccc(C(F)(F)F)c1. The fourth-order valence-electron chi connectivity index (χ4n) is 2.21. The van der Waals surface area contributed by atoms with E-state index in [0.29, 0.717) is 5.02 Å².